The van der Waals surface area contributed by atoms with Crippen LogP contribution >= 0.6 is 35.4 Å². The highest BCUT2D eigenvalue weighted by Gasteiger charge is 2.29. The van der Waals surface area contributed by atoms with E-state index in [0.717, 1.165) is 22.3 Å². The van der Waals surface area contributed by atoms with Crippen LogP contribution in [0.1, 0.15) is 32.6 Å². The van der Waals surface area contributed by atoms with Crippen LogP contribution < -0.4 is 0 Å². The zero-order valence-corrected chi connectivity index (χ0v) is 13.1. The first-order valence-corrected chi connectivity index (χ1v) is 7.73. The third kappa shape index (κ3) is 2.44. The molecule has 1 saturated carbocycles. The van der Waals surface area contributed by atoms with Gasteiger partial charge in [-0.25, -0.2) is 0 Å². The van der Waals surface area contributed by atoms with Gasteiger partial charge >= 0.3 is 0 Å². The van der Waals surface area contributed by atoms with Gasteiger partial charge in [0.15, 0.2) is 4.77 Å². The van der Waals surface area contributed by atoms with E-state index in [0.29, 0.717) is 15.5 Å². The molecule has 0 atom stereocenters. The van der Waals surface area contributed by atoms with Gasteiger partial charge < -0.3 is 9.55 Å². The van der Waals surface area contributed by atoms with Gasteiger partial charge in [-0.15, -0.1) is 0 Å². The molecule has 3 rings (SSSR count). The summed E-state index contributed by atoms with van der Waals surface area (Å²) in [4.78, 5) is 3.22. The number of benzene rings is 1. The van der Waals surface area contributed by atoms with Crippen molar-refractivity contribution in [2.45, 2.75) is 39.2 Å². The molecule has 1 aliphatic rings. The molecule has 2 nitrogen and oxygen atoms in total. The molecule has 0 amide bonds. The molecule has 1 aliphatic carbocycles. The maximum absolute atomic E-state index is 6.13. The Morgan fingerprint density at radius 1 is 1.26 bits per heavy atom. The molecule has 19 heavy (non-hydrogen) atoms. The normalized spacial score (nSPS) is 18.3. The summed E-state index contributed by atoms with van der Waals surface area (Å²) in [6.45, 7) is 3.29. The topological polar surface area (TPSA) is 20.7 Å². The summed E-state index contributed by atoms with van der Waals surface area (Å²) in [6.07, 6.45) is 5.17. The van der Waals surface area contributed by atoms with Gasteiger partial charge in [0.2, 0.25) is 0 Å². The standard InChI is InChI=1S/C14H16Cl2N2S/c1-14(4-2-3-5-14)8-18-12-7-10(16)9(15)6-11(12)17-13(18)19/h6-7H,2-5,8H2,1H3,(H,17,19). The summed E-state index contributed by atoms with van der Waals surface area (Å²) < 4.78 is 2.92. The van der Waals surface area contributed by atoms with Crippen LogP contribution in [0.5, 0.6) is 0 Å². The minimum atomic E-state index is 0.347. The molecule has 1 N–H and O–H groups in total. The van der Waals surface area contributed by atoms with Gasteiger partial charge in [0.05, 0.1) is 21.1 Å². The maximum atomic E-state index is 6.13. The van der Waals surface area contributed by atoms with Crippen LogP contribution in [0.25, 0.3) is 11.0 Å². The fourth-order valence-corrected chi connectivity index (χ4v) is 3.67. The molecule has 0 saturated heterocycles. The number of fused-ring (bicyclic) bond motifs is 1. The Kier molecular flexibility index (Phi) is 3.40. The second kappa shape index (κ2) is 4.80. The average molecular weight is 315 g/mol. The van der Waals surface area contributed by atoms with E-state index in [1.165, 1.54) is 25.7 Å². The van der Waals surface area contributed by atoms with Crippen molar-refractivity contribution in [3.05, 3.63) is 26.9 Å². The maximum Gasteiger partial charge on any atom is 0.178 e. The number of halogens is 2. The number of aromatic amines is 1. The van der Waals surface area contributed by atoms with Gasteiger partial charge in [0, 0.05) is 6.54 Å². The van der Waals surface area contributed by atoms with E-state index in [4.69, 9.17) is 35.4 Å². The van der Waals surface area contributed by atoms with Crippen molar-refractivity contribution in [1.82, 2.24) is 9.55 Å². The monoisotopic (exact) mass is 314 g/mol. The van der Waals surface area contributed by atoms with Gasteiger partial charge in [0.25, 0.3) is 0 Å². The number of hydrogen-bond acceptors (Lipinski definition) is 1. The van der Waals surface area contributed by atoms with Gasteiger partial charge in [-0.05, 0) is 42.6 Å². The van der Waals surface area contributed by atoms with Crippen molar-refractivity contribution in [3.8, 4) is 0 Å². The molecule has 0 radical (unpaired) electrons. The molecule has 102 valence electrons. The quantitative estimate of drug-likeness (QED) is 0.717. The lowest BCUT2D eigenvalue weighted by Crippen LogP contribution is -2.19. The van der Waals surface area contributed by atoms with E-state index in [1.807, 2.05) is 12.1 Å². The molecule has 2 aromatic rings. The van der Waals surface area contributed by atoms with Crippen LogP contribution in [0.15, 0.2) is 12.1 Å². The predicted octanol–water partition coefficient (Wildman–Crippen LogP) is 5.59. The van der Waals surface area contributed by atoms with E-state index in [9.17, 15) is 0 Å². The SMILES string of the molecule is CC1(Cn2c(=S)[nH]c3cc(Cl)c(Cl)cc32)CCCC1. The number of aromatic nitrogens is 2. The Bertz CT molecular complexity index is 681. The third-order valence-electron chi connectivity index (χ3n) is 4.17. The van der Waals surface area contributed by atoms with Crippen molar-refractivity contribution in [1.29, 1.82) is 0 Å². The van der Waals surface area contributed by atoms with Crippen LogP contribution in [0.2, 0.25) is 10.0 Å². The van der Waals surface area contributed by atoms with Crippen molar-refractivity contribution in [3.63, 3.8) is 0 Å². The molecule has 1 aromatic carbocycles. The molecule has 0 spiro atoms. The Morgan fingerprint density at radius 2 is 1.89 bits per heavy atom. The van der Waals surface area contributed by atoms with Crippen molar-refractivity contribution in [2.75, 3.05) is 0 Å². The Hall–Kier alpha value is -0.510. The number of imidazole rings is 1. The number of nitrogens with one attached hydrogen (secondary N) is 1. The van der Waals surface area contributed by atoms with Gasteiger partial charge in [-0.1, -0.05) is 43.0 Å². The number of nitrogens with zero attached hydrogens (tertiary/aromatic N) is 1. The first kappa shape index (κ1) is 13.5. The summed E-state index contributed by atoms with van der Waals surface area (Å²) in [6, 6.07) is 3.76. The Labute approximate surface area is 127 Å². The molecule has 0 unspecified atom stereocenters. The van der Waals surface area contributed by atoms with Crippen LogP contribution in [-0.4, -0.2) is 9.55 Å². The molecule has 0 aliphatic heterocycles. The number of rotatable bonds is 2. The molecule has 1 aromatic heterocycles. The van der Waals surface area contributed by atoms with E-state index < -0.39 is 0 Å². The van der Waals surface area contributed by atoms with Gasteiger partial charge in [-0.3, -0.25) is 0 Å². The Balaban J connectivity index is 2.10. The van der Waals surface area contributed by atoms with E-state index in [2.05, 4.69) is 16.5 Å². The summed E-state index contributed by atoms with van der Waals surface area (Å²) >= 11 is 17.6. The predicted molar refractivity (Wildman–Crippen MR) is 83.7 cm³/mol. The number of H-pyrrole nitrogens is 1. The van der Waals surface area contributed by atoms with Gasteiger partial charge in [-0.2, -0.15) is 0 Å². The van der Waals surface area contributed by atoms with Crippen LogP contribution in [0.4, 0.5) is 0 Å². The fourth-order valence-electron chi connectivity index (χ4n) is 3.08. The second-order valence-electron chi connectivity index (χ2n) is 5.82. The molecule has 5 heteroatoms. The summed E-state index contributed by atoms with van der Waals surface area (Å²) in [5.74, 6) is 0. The van der Waals surface area contributed by atoms with Crippen LogP contribution in [-0.2, 0) is 6.54 Å². The largest absolute Gasteiger partial charge is 0.331 e. The fraction of sp³-hybridized carbons (Fsp3) is 0.500. The van der Waals surface area contributed by atoms with Crippen LogP contribution in [0, 0.1) is 10.2 Å². The molecular weight excluding hydrogens is 299 g/mol. The molecule has 1 heterocycles. The van der Waals surface area contributed by atoms with Crippen molar-refractivity contribution in [2.24, 2.45) is 5.41 Å². The van der Waals surface area contributed by atoms with E-state index >= 15 is 0 Å². The Morgan fingerprint density at radius 3 is 2.58 bits per heavy atom. The lowest BCUT2D eigenvalue weighted by Gasteiger charge is -2.24. The number of hydrogen-bond donors (Lipinski definition) is 1. The minimum Gasteiger partial charge on any atom is -0.331 e. The van der Waals surface area contributed by atoms with Crippen LogP contribution in [0.3, 0.4) is 0 Å². The molecule has 1 fully saturated rings. The smallest absolute Gasteiger partial charge is 0.178 e. The summed E-state index contributed by atoms with van der Waals surface area (Å²) in [7, 11) is 0. The molecule has 0 bridgehead atoms. The zero-order chi connectivity index (χ0) is 13.6. The first-order chi connectivity index (χ1) is 8.98. The second-order valence-corrected chi connectivity index (χ2v) is 7.02. The lowest BCUT2D eigenvalue weighted by atomic mass is 9.89. The van der Waals surface area contributed by atoms with Gasteiger partial charge in [0.1, 0.15) is 0 Å². The van der Waals surface area contributed by atoms with Crippen molar-refractivity contribution < 1.29 is 0 Å². The third-order valence-corrected chi connectivity index (χ3v) is 5.21. The molecular formula is C14H16Cl2N2S. The van der Waals surface area contributed by atoms with Crippen molar-refractivity contribution >= 4 is 46.5 Å². The lowest BCUT2D eigenvalue weighted by molar-refractivity contribution is 0.284. The average Bonchev–Trinajstić information content (AvgIpc) is 2.88. The highest BCUT2D eigenvalue weighted by Crippen LogP contribution is 2.40. The summed E-state index contributed by atoms with van der Waals surface area (Å²) in [5.41, 5.74) is 2.35. The first-order valence-electron chi connectivity index (χ1n) is 6.56. The summed E-state index contributed by atoms with van der Waals surface area (Å²) in [5, 5.41) is 1.14. The van der Waals surface area contributed by atoms with E-state index in [-0.39, 0.29) is 0 Å². The zero-order valence-electron chi connectivity index (χ0n) is 10.8. The minimum absolute atomic E-state index is 0.347. The highest BCUT2D eigenvalue weighted by molar-refractivity contribution is 7.71. The van der Waals surface area contributed by atoms with E-state index in [1.54, 1.807) is 0 Å². The highest BCUT2D eigenvalue weighted by atomic mass is 35.5.